The largest absolute Gasteiger partial charge is 0.491 e. The molecule has 1 heterocycles. The van der Waals surface area contributed by atoms with Crippen LogP contribution in [0.15, 0.2) is 18.3 Å². The van der Waals surface area contributed by atoms with Gasteiger partial charge in [-0.1, -0.05) is 13.8 Å². The number of ether oxygens (including phenoxy) is 2. The number of aromatic nitrogens is 1. The summed E-state index contributed by atoms with van der Waals surface area (Å²) < 4.78 is 10.8. The van der Waals surface area contributed by atoms with Crippen LogP contribution >= 0.6 is 0 Å². The third kappa shape index (κ3) is 4.76. The van der Waals surface area contributed by atoms with E-state index < -0.39 is 0 Å². The van der Waals surface area contributed by atoms with E-state index in [0.717, 1.165) is 6.61 Å². The predicted octanol–water partition coefficient (Wildman–Crippen LogP) is 2.00. The quantitative estimate of drug-likeness (QED) is 0.688. The summed E-state index contributed by atoms with van der Waals surface area (Å²) in [5.41, 5.74) is 0.362. The Morgan fingerprint density at radius 3 is 2.94 bits per heavy atom. The van der Waals surface area contributed by atoms with Gasteiger partial charge in [0.25, 0.3) is 0 Å². The smallest absolute Gasteiger partial charge is 0.144 e. The average Bonchev–Trinajstić information content (AvgIpc) is 2.28. The Bertz CT molecular complexity index is 358. The van der Waals surface area contributed by atoms with Crippen molar-refractivity contribution in [1.29, 1.82) is 5.26 Å². The van der Waals surface area contributed by atoms with Crippen molar-refractivity contribution in [2.75, 3.05) is 19.8 Å². The minimum atomic E-state index is 0.362. The van der Waals surface area contributed by atoms with E-state index in [4.69, 9.17) is 14.7 Å². The van der Waals surface area contributed by atoms with Gasteiger partial charge in [0.15, 0.2) is 0 Å². The molecule has 4 heteroatoms. The van der Waals surface area contributed by atoms with Crippen LogP contribution in [0.3, 0.4) is 0 Å². The van der Waals surface area contributed by atoms with Crippen LogP contribution < -0.4 is 4.74 Å². The highest BCUT2D eigenvalue weighted by atomic mass is 16.5. The summed E-state index contributed by atoms with van der Waals surface area (Å²) >= 11 is 0. The van der Waals surface area contributed by atoms with Crippen molar-refractivity contribution in [3.05, 3.63) is 24.0 Å². The third-order valence-corrected chi connectivity index (χ3v) is 1.79. The van der Waals surface area contributed by atoms with Gasteiger partial charge in [-0.15, -0.1) is 0 Å². The van der Waals surface area contributed by atoms with Crippen molar-refractivity contribution in [3.8, 4) is 11.8 Å². The summed E-state index contributed by atoms with van der Waals surface area (Å²) in [7, 11) is 0. The minimum absolute atomic E-state index is 0.362. The highest BCUT2D eigenvalue weighted by Gasteiger charge is 1.98. The normalized spacial score (nSPS) is 10.1. The lowest BCUT2D eigenvalue weighted by atomic mass is 10.2. The van der Waals surface area contributed by atoms with Gasteiger partial charge in [0.1, 0.15) is 24.1 Å². The van der Waals surface area contributed by atoms with Crippen molar-refractivity contribution in [3.63, 3.8) is 0 Å². The van der Waals surface area contributed by atoms with E-state index in [9.17, 15) is 0 Å². The molecule has 0 radical (unpaired) electrons. The van der Waals surface area contributed by atoms with Gasteiger partial charge < -0.3 is 9.47 Å². The molecule has 0 aliphatic carbocycles. The lowest BCUT2D eigenvalue weighted by molar-refractivity contribution is 0.0818. The van der Waals surface area contributed by atoms with Crippen LogP contribution in [-0.4, -0.2) is 24.8 Å². The van der Waals surface area contributed by atoms with E-state index in [1.807, 2.05) is 6.07 Å². The molecule has 0 amide bonds. The Balaban J connectivity index is 2.24. The first-order valence-electron chi connectivity index (χ1n) is 5.29. The molecule has 0 bridgehead atoms. The molecule has 4 nitrogen and oxygen atoms in total. The van der Waals surface area contributed by atoms with E-state index in [1.54, 1.807) is 18.3 Å². The molecule has 86 valence electrons. The zero-order valence-corrected chi connectivity index (χ0v) is 9.64. The molecule has 1 aromatic heterocycles. The molecule has 0 atom stereocenters. The van der Waals surface area contributed by atoms with Crippen molar-refractivity contribution in [1.82, 2.24) is 4.98 Å². The van der Waals surface area contributed by atoms with Gasteiger partial charge >= 0.3 is 0 Å². The number of hydrogen-bond acceptors (Lipinski definition) is 4. The Morgan fingerprint density at radius 1 is 1.44 bits per heavy atom. The van der Waals surface area contributed by atoms with E-state index in [2.05, 4.69) is 18.8 Å². The third-order valence-electron chi connectivity index (χ3n) is 1.79. The maximum Gasteiger partial charge on any atom is 0.144 e. The molecule has 0 unspecified atom stereocenters. The monoisotopic (exact) mass is 220 g/mol. The first kappa shape index (κ1) is 12.5. The standard InChI is InChI=1S/C12H16N2O2/c1-10(2)9-15-5-6-16-12-3-4-14-11(7-12)8-13/h3-4,7,10H,5-6,9H2,1-2H3. The van der Waals surface area contributed by atoms with Crippen LogP contribution in [-0.2, 0) is 4.74 Å². The molecule has 0 spiro atoms. The molecule has 0 aliphatic rings. The van der Waals surface area contributed by atoms with Gasteiger partial charge in [0, 0.05) is 18.9 Å². The summed E-state index contributed by atoms with van der Waals surface area (Å²) in [5, 5.41) is 8.64. The first-order chi connectivity index (χ1) is 7.72. The van der Waals surface area contributed by atoms with Crippen molar-refractivity contribution >= 4 is 0 Å². The summed E-state index contributed by atoms with van der Waals surface area (Å²) in [5.74, 6) is 1.19. The number of pyridine rings is 1. The van der Waals surface area contributed by atoms with Crippen molar-refractivity contribution < 1.29 is 9.47 Å². The molecule has 0 N–H and O–H groups in total. The summed E-state index contributed by atoms with van der Waals surface area (Å²) in [6.07, 6.45) is 1.56. The Hall–Kier alpha value is -1.60. The summed E-state index contributed by atoms with van der Waals surface area (Å²) in [4.78, 5) is 3.85. The molecule has 0 aromatic carbocycles. The van der Waals surface area contributed by atoms with Crippen molar-refractivity contribution in [2.24, 2.45) is 5.92 Å². The fourth-order valence-corrected chi connectivity index (χ4v) is 1.10. The fraction of sp³-hybridized carbons (Fsp3) is 0.500. The van der Waals surface area contributed by atoms with Crippen LogP contribution in [0, 0.1) is 17.2 Å². The van der Waals surface area contributed by atoms with E-state index in [1.165, 1.54) is 0 Å². The van der Waals surface area contributed by atoms with Crippen LogP contribution in [0.5, 0.6) is 5.75 Å². The van der Waals surface area contributed by atoms with Gasteiger partial charge in [0.2, 0.25) is 0 Å². The van der Waals surface area contributed by atoms with Gasteiger partial charge in [0.05, 0.1) is 6.61 Å². The Morgan fingerprint density at radius 2 is 2.25 bits per heavy atom. The van der Waals surface area contributed by atoms with Gasteiger partial charge in [-0.05, 0) is 12.0 Å². The lowest BCUT2D eigenvalue weighted by Gasteiger charge is -2.08. The number of hydrogen-bond donors (Lipinski definition) is 0. The SMILES string of the molecule is CC(C)COCCOc1ccnc(C#N)c1. The van der Waals surface area contributed by atoms with Gasteiger partial charge in [-0.3, -0.25) is 0 Å². The van der Waals surface area contributed by atoms with E-state index >= 15 is 0 Å². The second-order valence-corrected chi connectivity index (χ2v) is 3.81. The molecular formula is C12H16N2O2. The van der Waals surface area contributed by atoms with E-state index in [-0.39, 0.29) is 0 Å². The predicted molar refractivity (Wildman–Crippen MR) is 60.1 cm³/mol. The summed E-state index contributed by atoms with van der Waals surface area (Å²) in [6, 6.07) is 5.30. The second-order valence-electron chi connectivity index (χ2n) is 3.81. The Labute approximate surface area is 95.8 Å². The molecule has 0 aliphatic heterocycles. The zero-order chi connectivity index (χ0) is 11.8. The molecule has 1 aromatic rings. The maximum absolute atomic E-state index is 8.64. The minimum Gasteiger partial charge on any atom is -0.491 e. The number of rotatable bonds is 6. The van der Waals surface area contributed by atoms with E-state index in [0.29, 0.717) is 30.6 Å². The lowest BCUT2D eigenvalue weighted by Crippen LogP contribution is -2.10. The van der Waals surface area contributed by atoms with Crippen LogP contribution in [0.1, 0.15) is 19.5 Å². The highest BCUT2D eigenvalue weighted by molar-refractivity contribution is 5.29. The van der Waals surface area contributed by atoms with Gasteiger partial charge in [-0.25, -0.2) is 4.98 Å². The average molecular weight is 220 g/mol. The fourth-order valence-electron chi connectivity index (χ4n) is 1.10. The number of nitrogens with zero attached hydrogens (tertiary/aromatic N) is 2. The van der Waals surface area contributed by atoms with Gasteiger partial charge in [-0.2, -0.15) is 5.26 Å². The zero-order valence-electron chi connectivity index (χ0n) is 9.64. The van der Waals surface area contributed by atoms with Crippen molar-refractivity contribution in [2.45, 2.75) is 13.8 Å². The molecule has 0 fully saturated rings. The summed E-state index contributed by atoms with van der Waals surface area (Å²) in [6.45, 7) is 5.99. The number of nitriles is 1. The maximum atomic E-state index is 8.64. The molecular weight excluding hydrogens is 204 g/mol. The second kappa shape index (κ2) is 6.81. The highest BCUT2D eigenvalue weighted by Crippen LogP contribution is 2.09. The molecule has 1 rings (SSSR count). The molecule has 0 saturated carbocycles. The topological polar surface area (TPSA) is 55.1 Å². The van der Waals surface area contributed by atoms with Crippen LogP contribution in [0.2, 0.25) is 0 Å². The molecule has 16 heavy (non-hydrogen) atoms. The van der Waals surface area contributed by atoms with Crippen LogP contribution in [0.4, 0.5) is 0 Å². The Kier molecular flexibility index (Phi) is 5.30. The molecule has 0 saturated heterocycles. The first-order valence-corrected chi connectivity index (χ1v) is 5.29. The van der Waals surface area contributed by atoms with Crippen LogP contribution in [0.25, 0.3) is 0 Å².